The van der Waals surface area contributed by atoms with Gasteiger partial charge in [-0.1, -0.05) is 6.92 Å². The summed E-state index contributed by atoms with van der Waals surface area (Å²) < 4.78 is 26.6. The highest BCUT2D eigenvalue weighted by atomic mass is 79.9. The first kappa shape index (κ1) is 13.9. The molecule has 4 nitrogen and oxygen atoms in total. The first-order valence-corrected chi connectivity index (χ1v) is 5.80. The maximum Gasteiger partial charge on any atom is 0.210 e. The van der Waals surface area contributed by atoms with Crippen LogP contribution in [0.3, 0.4) is 0 Å². The molecule has 4 N–H and O–H groups in total. The summed E-state index contributed by atoms with van der Waals surface area (Å²) in [4.78, 5) is 4.04. The van der Waals surface area contributed by atoms with Crippen molar-refractivity contribution in [1.82, 2.24) is 5.43 Å². The Balaban J connectivity index is 2.90. The van der Waals surface area contributed by atoms with Crippen LogP contribution in [-0.4, -0.2) is 12.5 Å². The second-order valence-corrected chi connectivity index (χ2v) is 4.10. The highest BCUT2D eigenvalue weighted by Crippen LogP contribution is 2.23. The van der Waals surface area contributed by atoms with Crippen LogP contribution in [0.4, 0.5) is 14.5 Å². The molecule has 0 aliphatic carbocycles. The fourth-order valence-electron chi connectivity index (χ4n) is 1.09. The lowest BCUT2D eigenvalue weighted by molar-refractivity contribution is 0.581. The van der Waals surface area contributed by atoms with Crippen LogP contribution in [0.2, 0.25) is 0 Å². The molecule has 0 saturated carbocycles. The molecule has 0 amide bonds. The summed E-state index contributed by atoms with van der Waals surface area (Å²) in [6.45, 7) is 2.50. The van der Waals surface area contributed by atoms with Gasteiger partial charge in [-0.3, -0.25) is 10.4 Å². The van der Waals surface area contributed by atoms with E-state index in [2.05, 4.69) is 31.7 Å². The molecule has 0 radical (unpaired) electrons. The Kier molecular flexibility index (Phi) is 5.30. The predicted molar refractivity (Wildman–Crippen MR) is 67.6 cm³/mol. The molecule has 0 heterocycles. The summed E-state index contributed by atoms with van der Waals surface area (Å²) in [5, 5.41) is 2.64. The van der Waals surface area contributed by atoms with Gasteiger partial charge < -0.3 is 5.32 Å². The number of aliphatic imine (C=N–C) groups is 1. The van der Waals surface area contributed by atoms with Crippen molar-refractivity contribution in [3.63, 3.8) is 0 Å². The van der Waals surface area contributed by atoms with E-state index in [4.69, 9.17) is 5.84 Å². The summed E-state index contributed by atoms with van der Waals surface area (Å²) in [5.41, 5.74) is 2.40. The van der Waals surface area contributed by atoms with Gasteiger partial charge in [-0.25, -0.2) is 14.6 Å². The zero-order valence-electron chi connectivity index (χ0n) is 9.23. The van der Waals surface area contributed by atoms with Gasteiger partial charge >= 0.3 is 0 Å². The molecule has 0 aliphatic heterocycles. The van der Waals surface area contributed by atoms with Crippen LogP contribution in [0.5, 0.6) is 0 Å². The number of benzene rings is 1. The van der Waals surface area contributed by atoms with E-state index in [0.717, 1.165) is 12.5 Å². The molecule has 0 atom stereocenters. The van der Waals surface area contributed by atoms with E-state index in [9.17, 15) is 8.78 Å². The minimum absolute atomic E-state index is 0.0890. The highest BCUT2D eigenvalue weighted by Gasteiger charge is 2.09. The smallest absolute Gasteiger partial charge is 0.210 e. The quantitative estimate of drug-likeness (QED) is 0.264. The second kappa shape index (κ2) is 6.51. The molecule has 0 aliphatic rings. The maximum atomic E-state index is 13.4. The largest absolute Gasteiger partial charge is 0.323 e. The number of nitrogens with two attached hydrogens (primary N) is 1. The molecule has 17 heavy (non-hydrogen) atoms. The van der Waals surface area contributed by atoms with E-state index >= 15 is 0 Å². The molecule has 0 spiro atoms. The van der Waals surface area contributed by atoms with E-state index < -0.39 is 11.6 Å². The number of guanidine groups is 1. The Hall–Kier alpha value is -1.21. The summed E-state index contributed by atoms with van der Waals surface area (Å²) in [5.74, 6) is 4.07. The molecule has 0 fully saturated rings. The topological polar surface area (TPSA) is 62.4 Å². The Morgan fingerprint density at radius 1 is 1.41 bits per heavy atom. The zero-order valence-corrected chi connectivity index (χ0v) is 10.8. The molecule has 0 unspecified atom stereocenters. The number of nitrogens with one attached hydrogen (secondary N) is 2. The van der Waals surface area contributed by atoms with Crippen LogP contribution in [0.1, 0.15) is 13.3 Å². The molecule has 0 aromatic heterocycles. The molecule has 94 valence electrons. The monoisotopic (exact) mass is 306 g/mol. The van der Waals surface area contributed by atoms with Crippen molar-refractivity contribution in [2.24, 2.45) is 10.8 Å². The molecule has 7 heteroatoms. The zero-order chi connectivity index (χ0) is 12.8. The van der Waals surface area contributed by atoms with Crippen molar-refractivity contribution in [1.29, 1.82) is 0 Å². The van der Waals surface area contributed by atoms with Gasteiger partial charge in [-0.15, -0.1) is 0 Å². The number of anilines is 1. The van der Waals surface area contributed by atoms with Gasteiger partial charge in [0.2, 0.25) is 5.96 Å². The van der Waals surface area contributed by atoms with Gasteiger partial charge in [0, 0.05) is 12.6 Å². The third kappa shape index (κ3) is 3.94. The van der Waals surface area contributed by atoms with E-state index in [1.54, 1.807) is 0 Å². The van der Waals surface area contributed by atoms with E-state index in [1.807, 2.05) is 6.92 Å². The van der Waals surface area contributed by atoms with Crippen LogP contribution in [0.15, 0.2) is 21.6 Å². The molecular weight excluding hydrogens is 294 g/mol. The van der Waals surface area contributed by atoms with Gasteiger partial charge in [0.1, 0.15) is 11.6 Å². The lowest BCUT2D eigenvalue weighted by atomic mass is 10.3. The Morgan fingerprint density at radius 3 is 2.71 bits per heavy atom. The minimum atomic E-state index is -0.717. The van der Waals surface area contributed by atoms with Crippen molar-refractivity contribution >= 4 is 27.6 Å². The Bertz CT molecular complexity index is 423. The normalized spacial score (nSPS) is 11.5. The van der Waals surface area contributed by atoms with Gasteiger partial charge in [-0.2, -0.15) is 0 Å². The van der Waals surface area contributed by atoms with Gasteiger partial charge in [0.05, 0.1) is 10.2 Å². The third-order valence-electron chi connectivity index (χ3n) is 1.89. The summed E-state index contributed by atoms with van der Waals surface area (Å²) in [6, 6.07) is 2.06. The average molecular weight is 307 g/mol. The number of hydrogen-bond acceptors (Lipinski definition) is 2. The molecule has 0 bridgehead atoms. The fraction of sp³-hybridized carbons (Fsp3) is 0.300. The fourth-order valence-corrected chi connectivity index (χ4v) is 1.43. The van der Waals surface area contributed by atoms with Crippen LogP contribution in [0, 0.1) is 11.6 Å². The standard InChI is InChI=1S/C10H13BrF2N4/c1-2-3-15-10(17-14)16-9-4-6(11)7(12)5-8(9)13/h4-5H,2-3,14H2,1H3,(H2,15,16,17). The number of halogens is 3. The van der Waals surface area contributed by atoms with Crippen molar-refractivity contribution in [3.8, 4) is 0 Å². The average Bonchev–Trinajstić information content (AvgIpc) is 2.30. The van der Waals surface area contributed by atoms with Crippen molar-refractivity contribution in [2.75, 3.05) is 11.9 Å². The first-order chi connectivity index (χ1) is 8.08. The molecule has 0 saturated heterocycles. The number of hydrogen-bond donors (Lipinski definition) is 3. The van der Waals surface area contributed by atoms with Gasteiger partial charge in [-0.05, 0) is 28.4 Å². The van der Waals surface area contributed by atoms with E-state index in [-0.39, 0.29) is 16.1 Å². The Morgan fingerprint density at radius 2 is 2.12 bits per heavy atom. The van der Waals surface area contributed by atoms with Crippen LogP contribution >= 0.6 is 15.9 Å². The Labute approximate surface area is 106 Å². The molecule has 1 rings (SSSR count). The second-order valence-electron chi connectivity index (χ2n) is 3.25. The predicted octanol–water partition coefficient (Wildman–Crippen LogP) is 2.37. The van der Waals surface area contributed by atoms with E-state index in [0.29, 0.717) is 6.54 Å². The number of hydrazine groups is 1. The van der Waals surface area contributed by atoms with Crippen LogP contribution < -0.4 is 16.6 Å². The van der Waals surface area contributed by atoms with Crippen molar-refractivity contribution in [3.05, 3.63) is 28.2 Å². The van der Waals surface area contributed by atoms with Crippen molar-refractivity contribution < 1.29 is 8.78 Å². The number of nitrogens with zero attached hydrogens (tertiary/aromatic N) is 1. The van der Waals surface area contributed by atoms with Gasteiger partial charge in [0.15, 0.2) is 0 Å². The SMILES string of the molecule is CCCN=C(NN)Nc1cc(Br)c(F)cc1F. The highest BCUT2D eigenvalue weighted by molar-refractivity contribution is 9.10. The summed E-state index contributed by atoms with van der Waals surface area (Å²) >= 11 is 2.97. The lowest BCUT2D eigenvalue weighted by Gasteiger charge is -2.10. The van der Waals surface area contributed by atoms with E-state index in [1.165, 1.54) is 6.07 Å². The van der Waals surface area contributed by atoms with Crippen molar-refractivity contribution in [2.45, 2.75) is 13.3 Å². The molecule has 1 aromatic carbocycles. The molecular formula is C10H13BrF2N4. The van der Waals surface area contributed by atoms with Crippen LogP contribution in [-0.2, 0) is 0 Å². The summed E-state index contributed by atoms with van der Waals surface area (Å²) in [6.07, 6.45) is 0.836. The third-order valence-corrected chi connectivity index (χ3v) is 2.50. The number of rotatable bonds is 3. The lowest BCUT2D eigenvalue weighted by Crippen LogP contribution is -2.36. The summed E-state index contributed by atoms with van der Waals surface area (Å²) in [7, 11) is 0. The minimum Gasteiger partial charge on any atom is -0.323 e. The molecule has 1 aromatic rings. The maximum absolute atomic E-state index is 13.4. The first-order valence-electron chi connectivity index (χ1n) is 5.01. The van der Waals surface area contributed by atoms with Gasteiger partial charge in [0.25, 0.3) is 0 Å². The van der Waals surface area contributed by atoms with Crippen LogP contribution in [0.25, 0.3) is 0 Å².